The summed E-state index contributed by atoms with van der Waals surface area (Å²) in [4.78, 5) is 12.7. The standard InChI is InChI=1S/C19H23BrO2/c1-22-18(21)17(15-2-4-16(20)5-3-15)19-9-12-6-13(10-19)8-14(7-12)11-19/h2-5,12-14,17H,6-11H2,1H3/t12?,13?,14?,17-,19?/m1/s1. The van der Waals surface area contributed by atoms with Gasteiger partial charge >= 0.3 is 5.97 Å². The highest BCUT2D eigenvalue weighted by atomic mass is 79.9. The third kappa shape index (κ3) is 2.33. The number of rotatable bonds is 3. The van der Waals surface area contributed by atoms with Crippen molar-refractivity contribution >= 4 is 21.9 Å². The lowest BCUT2D eigenvalue weighted by Crippen LogP contribution is -2.50. The second kappa shape index (κ2) is 5.36. The average molecular weight is 363 g/mol. The maximum Gasteiger partial charge on any atom is 0.313 e. The fraction of sp³-hybridized carbons (Fsp3) is 0.632. The van der Waals surface area contributed by atoms with E-state index in [2.05, 4.69) is 28.1 Å². The minimum Gasteiger partial charge on any atom is -0.469 e. The molecule has 22 heavy (non-hydrogen) atoms. The van der Waals surface area contributed by atoms with E-state index >= 15 is 0 Å². The average Bonchev–Trinajstić information content (AvgIpc) is 2.47. The van der Waals surface area contributed by atoms with Crippen molar-refractivity contribution in [3.63, 3.8) is 0 Å². The lowest BCUT2D eigenvalue weighted by atomic mass is 9.46. The lowest BCUT2D eigenvalue weighted by Gasteiger charge is -2.59. The molecule has 118 valence electrons. The fourth-order valence-corrected chi connectivity index (χ4v) is 6.31. The molecule has 4 fully saturated rings. The summed E-state index contributed by atoms with van der Waals surface area (Å²) in [6.07, 6.45) is 7.84. The summed E-state index contributed by atoms with van der Waals surface area (Å²) in [5, 5.41) is 0. The third-order valence-electron chi connectivity index (χ3n) is 6.34. The third-order valence-corrected chi connectivity index (χ3v) is 6.87. The molecule has 0 heterocycles. The van der Waals surface area contributed by atoms with Crippen LogP contribution in [0.2, 0.25) is 0 Å². The van der Waals surface area contributed by atoms with E-state index in [-0.39, 0.29) is 17.3 Å². The van der Waals surface area contributed by atoms with Crippen LogP contribution in [0, 0.1) is 23.2 Å². The van der Waals surface area contributed by atoms with Crippen LogP contribution in [0.15, 0.2) is 28.7 Å². The molecule has 3 heteroatoms. The van der Waals surface area contributed by atoms with E-state index in [4.69, 9.17) is 4.74 Å². The highest BCUT2D eigenvalue weighted by molar-refractivity contribution is 9.10. The first-order chi connectivity index (χ1) is 10.6. The number of carbonyl (C=O) groups excluding carboxylic acids is 1. The van der Waals surface area contributed by atoms with Crippen LogP contribution >= 0.6 is 15.9 Å². The number of esters is 1. The predicted molar refractivity (Wildman–Crippen MR) is 89.5 cm³/mol. The molecule has 0 unspecified atom stereocenters. The summed E-state index contributed by atoms with van der Waals surface area (Å²) >= 11 is 3.50. The molecule has 0 aliphatic heterocycles. The number of benzene rings is 1. The Morgan fingerprint density at radius 2 is 1.59 bits per heavy atom. The molecule has 0 radical (unpaired) electrons. The number of methoxy groups -OCH3 is 1. The van der Waals surface area contributed by atoms with E-state index in [1.165, 1.54) is 45.6 Å². The van der Waals surface area contributed by atoms with Gasteiger partial charge in [0.05, 0.1) is 13.0 Å². The Morgan fingerprint density at radius 3 is 2.05 bits per heavy atom. The van der Waals surface area contributed by atoms with Crippen LogP contribution in [0.3, 0.4) is 0 Å². The van der Waals surface area contributed by atoms with Gasteiger partial charge in [-0.15, -0.1) is 0 Å². The Labute approximate surface area is 140 Å². The van der Waals surface area contributed by atoms with Crippen LogP contribution in [0.5, 0.6) is 0 Å². The Morgan fingerprint density at radius 1 is 1.09 bits per heavy atom. The number of halogens is 1. The van der Waals surface area contributed by atoms with Crippen molar-refractivity contribution in [1.29, 1.82) is 0 Å². The molecule has 0 saturated heterocycles. The van der Waals surface area contributed by atoms with E-state index < -0.39 is 0 Å². The molecule has 1 aromatic rings. The molecular formula is C19H23BrO2. The van der Waals surface area contributed by atoms with Crippen LogP contribution in [0.1, 0.15) is 50.0 Å². The van der Waals surface area contributed by atoms with E-state index in [1.54, 1.807) is 0 Å². The van der Waals surface area contributed by atoms with Crippen molar-refractivity contribution in [3.8, 4) is 0 Å². The minimum atomic E-state index is -0.0843. The van der Waals surface area contributed by atoms with Gasteiger partial charge in [0.15, 0.2) is 0 Å². The molecule has 0 N–H and O–H groups in total. The number of carbonyl (C=O) groups is 1. The fourth-order valence-electron chi connectivity index (χ4n) is 6.04. The van der Waals surface area contributed by atoms with Crippen molar-refractivity contribution in [1.82, 2.24) is 0 Å². The molecule has 0 amide bonds. The van der Waals surface area contributed by atoms with Gasteiger partial charge in [0.2, 0.25) is 0 Å². The monoisotopic (exact) mass is 362 g/mol. The Kier molecular flexibility index (Phi) is 3.60. The van der Waals surface area contributed by atoms with Crippen molar-refractivity contribution in [2.75, 3.05) is 7.11 Å². The van der Waals surface area contributed by atoms with Gasteiger partial charge in [0, 0.05) is 4.47 Å². The second-order valence-electron chi connectivity index (χ2n) is 7.79. The first-order valence-corrected chi connectivity index (χ1v) is 9.22. The molecule has 0 aromatic heterocycles. The van der Waals surface area contributed by atoms with Crippen LogP contribution in [-0.4, -0.2) is 13.1 Å². The van der Waals surface area contributed by atoms with Crippen molar-refractivity contribution < 1.29 is 9.53 Å². The SMILES string of the molecule is COC(=O)[C@@H](c1ccc(Br)cc1)C12CC3CC(CC(C3)C1)C2. The Hall–Kier alpha value is -0.830. The predicted octanol–water partition coefficient (Wildman–Crippen LogP) is 4.92. The molecular weight excluding hydrogens is 340 g/mol. The zero-order valence-electron chi connectivity index (χ0n) is 13.1. The summed E-state index contributed by atoms with van der Waals surface area (Å²) in [5.74, 6) is 2.40. The molecule has 4 aliphatic rings. The second-order valence-corrected chi connectivity index (χ2v) is 8.70. The topological polar surface area (TPSA) is 26.3 Å². The highest BCUT2D eigenvalue weighted by Crippen LogP contribution is 2.64. The molecule has 4 aliphatic carbocycles. The van der Waals surface area contributed by atoms with Gasteiger partial charge in [-0.2, -0.15) is 0 Å². The smallest absolute Gasteiger partial charge is 0.313 e. The van der Waals surface area contributed by atoms with E-state index in [9.17, 15) is 4.79 Å². The summed E-state index contributed by atoms with van der Waals surface area (Å²) in [6, 6.07) is 8.30. The zero-order chi connectivity index (χ0) is 15.3. The van der Waals surface area contributed by atoms with E-state index in [0.717, 1.165) is 27.8 Å². The van der Waals surface area contributed by atoms with Gasteiger partial charge in [-0.05, 0) is 79.4 Å². The van der Waals surface area contributed by atoms with Crippen LogP contribution in [-0.2, 0) is 9.53 Å². The van der Waals surface area contributed by atoms with Crippen LogP contribution < -0.4 is 0 Å². The molecule has 4 bridgehead atoms. The van der Waals surface area contributed by atoms with Gasteiger partial charge in [0.25, 0.3) is 0 Å². The van der Waals surface area contributed by atoms with E-state index in [0.29, 0.717) is 0 Å². The maximum atomic E-state index is 12.7. The van der Waals surface area contributed by atoms with Crippen LogP contribution in [0.4, 0.5) is 0 Å². The summed E-state index contributed by atoms with van der Waals surface area (Å²) in [7, 11) is 1.54. The van der Waals surface area contributed by atoms with Gasteiger partial charge in [-0.3, -0.25) is 4.79 Å². The maximum absolute atomic E-state index is 12.7. The number of ether oxygens (including phenoxy) is 1. The van der Waals surface area contributed by atoms with Crippen molar-refractivity contribution in [2.45, 2.75) is 44.4 Å². The molecule has 1 atom stereocenters. The van der Waals surface area contributed by atoms with Crippen LogP contribution in [0.25, 0.3) is 0 Å². The molecule has 5 rings (SSSR count). The molecule has 2 nitrogen and oxygen atoms in total. The van der Waals surface area contributed by atoms with Crippen molar-refractivity contribution in [2.24, 2.45) is 23.2 Å². The first kappa shape index (κ1) is 14.7. The zero-order valence-corrected chi connectivity index (χ0v) is 14.6. The highest BCUT2D eigenvalue weighted by Gasteiger charge is 2.56. The largest absolute Gasteiger partial charge is 0.469 e. The number of hydrogen-bond acceptors (Lipinski definition) is 2. The van der Waals surface area contributed by atoms with Gasteiger partial charge < -0.3 is 4.74 Å². The summed E-state index contributed by atoms with van der Waals surface area (Å²) in [5.41, 5.74) is 1.28. The van der Waals surface area contributed by atoms with Gasteiger partial charge in [0.1, 0.15) is 0 Å². The summed E-state index contributed by atoms with van der Waals surface area (Å²) < 4.78 is 6.30. The first-order valence-electron chi connectivity index (χ1n) is 8.43. The number of hydrogen-bond donors (Lipinski definition) is 0. The molecule has 4 saturated carbocycles. The lowest BCUT2D eigenvalue weighted by molar-refractivity contribution is -0.153. The van der Waals surface area contributed by atoms with Gasteiger partial charge in [-0.1, -0.05) is 28.1 Å². The van der Waals surface area contributed by atoms with Gasteiger partial charge in [-0.25, -0.2) is 0 Å². The quantitative estimate of drug-likeness (QED) is 0.713. The van der Waals surface area contributed by atoms with E-state index in [1.807, 2.05) is 12.1 Å². The normalized spacial score (nSPS) is 37.1. The Balaban J connectivity index is 1.74. The minimum absolute atomic E-state index is 0.0377. The summed E-state index contributed by atoms with van der Waals surface area (Å²) in [6.45, 7) is 0. The van der Waals surface area contributed by atoms with Crippen molar-refractivity contribution in [3.05, 3.63) is 34.3 Å². The molecule has 1 aromatic carbocycles. The molecule has 0 spiro atoms. The Bertz CT molecular complexity index is 542.